The van der Waals surface area contributed by atoms with Crippen LogP contribution in [0.25, 0.3) is 0 Å². The van der Waals surface area contributed by atoms with Gasteiger partial charge in [-0.2, -0.15) is 0 Å². The van der Waals surface area contributed by atoms with E-state index in [9.17, 15) is 0 Å². The zero-order valence-corrected chi connectivity index (χ0v) is 11.9. The maximum Gasteiger partial charge on any atom is 0.181 e. The predicted octanol–water partition coefficient (Wildman–Crippen LogP) is 2.64. The van der Waals surface area contributed by atoms with Gasteiger partial charge in [-0.05, 0) is 37.9 Å². The van der Waals surface area contributed by atoms with E-state index in [2.05, 4.69) is 36.9 Å². The first kappa shape index (κ1) is 13.1. The molecule has 0 unspecified atom stereocenters. The minimum Gasteiger partial charge on any atom is -0.346 e. The van der Waals surface area contributed by atoms with Gasteiger partial charge < -0.3 is 9.47 Å². The van der Waals surface area contributed by atoms with E-state index in [1.54, 1.807) is 0 Å². The van der Waals surface area contributed by atoms with E-state index in [0.717, 1.165) is 45.7 Å². The van der Waals surface area contributed by atoms with E-state index >= 15 is 0 Å². The molecular formula is C16H23NO2. The smallest absolute Gasteiger partial charge is 0.181 e. The van der Waals surface area contributed by atoms with Crippen LogP contribution in [0.15, 0.2) is 18.2 Å². The lowest BCUT2D eigenvalue weighted by Gasteiger charge is -2.38. The highest BCUT2D eigenvalue weighted by Gasteiger charge is 2.40. The van der Waals surface area contributed by atoms with Gasteiger partial charge in [0.1, 0.15) is 0 Å². The molecule has 19 heavy (non-hydrogen) atoms. The SMILES string of the molecule is Cc1ccc(C)c(CN2CCCC3(C2)OCCO3)c1. The number of piperidine rings is 1. The van der Waals surface area contributed by atoms with Crippen LogP contribution in [0.3, 0.4) is 0 Å². The van der Waals surface area contributed by atoms with Crippen molar-refractivity contribution in [2.24, 2.45) is 0 Å². The first-order chi connectivity index (χ1) is 9.17. The maximum absolute atomic E-state index is 5.84. The van der Waals surface area contributed by atoms with Crippen molar-refractivity contribution in [3.8, 4) is 0 Å². The van der Waals surface area contributed by atoms with Crippen LogP contribution in [0.5, 0.6) is 0 Å². The zero-order valence-electron chi connectivity index (χ0n) is 11.9. The molecule has 1 aromatic carbocycles. The van der Waals surface area contributed by atoms with Crippen molar-refractivity contribution in [3.05, 3.63) is 34.9 Å². The molecule has 1 spiro atoms. The standard InChI is InChI=1S/C16H23NO2/c1-13-4-5-14(2)15(10-13)11-17-7-3-6-16(12-17)18-8-9-19-16/h4-5,10H,3,6-9,11-12H2,1-2H3. The largest absolute Gasteiger partial charge is 0.346 e. The molecule has 1 aromatic rings. The van der Waals surface area contributed by atoms with Crippen LogP contribution >= 0.6 is 0 Å². The van der Waals surface area contributed by atoms with Gasteiger partial charge in [0.15, 0.2) is 5.79 Å². The van der Waals surface area contributed by atoms with Crippen LogP contribution in [0.1, 0.15) is 29.5 Å². The summed E-state index contributed by atoms with van der Waals surface area (Å²) in [4.78, 5) is 2.47. The topological polar surface area (TPSA) is 21.7 Å². The molecule has 2 saturated heterocycles. The molecule has 0 saturated carbocycles. The summed E-state index contributed by atoms with van der Waals surface area (Å²) in [6.07, 6.45) is 2.20. The van der Waals surface area contributed by atoms with Gasteiger partial charge in [0.2, 0.25) is 0 Å². The third kappa shape index (κ3) is 2.83. The van der Waals surface area contributed by atoms with Gasteiger partial charge in [0.25, 0.3) is 0 Å². The Morgan fingerprint density at radius 1 is 1.21 bits per heavy atom. The molecule has 3 nitrogen and oxygen atoms in total. The normalized spacial score (nSPS) is 23.1. The van der Waals surface area contributed by atoms with Crippen molar-refractivity contribution in [2.75, 3.05) is 26.3 Å². The molecule has 3 rings (SSSR count). The molecule has 2 fully saturated rings. The Bertz CT molecular complexity index is 452. The van der Waals surface area contributed by atoms with E-state index in [4.69, 9.17) is 9.47 Å². The second-order valence-electron chi connectivity index (χ2n) is 5.85. The number of rotatable bonds is 2. The van der Waals surface area contributed by atoms with Crippen LogP contribution < -0.4 is 0 Å². The Kier molecular flexibility index (Phi) is 3.61. The van der Waals surface area contributed by atoms with Crippen molar-refractivity contribution in [3.63, 3.8) is 0 Å². The summed E-state index contributed by atoms with van der Waals surface area (Å²) in [5.41, 5.74) is 4.13. The number of ether oxygens (including phenoxy) is 2. The van der Waals surface area contributed by atoms with Crippen molar-refractivity contribution in [1.82, 2.24) is 4.90 Å². The maximum atomic E-state index is 5.84. The molecule has 0 atom stereocenters. The Morgan fingerprint density at radius 2 is 2.00 bits per heavy atom. The fourth-order valence-electron chi connectivity index (χ4n) is 3.15. The molecule has 3 heteroatoms. The van der Waals surface area contributed by atoms with Crippen LogP contribution in [0.2, 0.25) is 0 Å². The quantitative estimate of drug-likeness (QED) is 0.817. The molecule has 0 aromatic heterocycles. The highest BCUT2D eigenvalue weighted by Crippen LogP contribution is 2.31. The average Bonchev–Trinajstić information content (AvgIpc) is 2.82. The van der Waals surface area contributed by atoms with E-state index < -0.39 is 0 Å². The van der Waals surface area contributed by atoms with Crippen LogP contribution in [-0.4, -0.2) is 37.0 Å². The second kappa shape index (κ2) is 5.23. The van der Waals surface area contributed by atoms with Gasteiger partial charge in [-0.1, -0.05) is 23.8 Å². The van der Waals surface area contributed by atoms with E-state index in [-0.39, 0.29) is 5.79 Å². The number of hydrogen-bond donors (Lipinski definition) is 0. The number of benzene rings is 1. The molecule has 0 aliphatic carbocycles. The summed E-state index contributed by atoms with van der Waals surface area (Å²) < 4.78 is 11.7. The van der Waals surface area contributed by atoms with E-state index in [1.165, 1.54) is 16.7 Å². The van der Waals surface area contributed by atoms with Gasteiger partial charge in [-0.25, -0.2) is 0 Å². The summed E-state index contributed by atoms with van der Waals surface area (Å²) in [5, 5.41) is 0. The molecule has 2 aliphatic heterocycles. The average molecular weight is 261 g/mol. The lowest BCUT2D eigenvalue weighted by molar-refractivity contribution is -0.190. The second-order valence-corrected chi connectivity index (χ2v) is 5.85. The van der Waals surface area contributed by atoms with Gasteiger partial charge >= 0.3 is 0 Å². The monoisotopic (exact) mass is 261 g/mol. The molecule has 0 bridgehead atoms. The lowest BCUT2D eigenvalue weighted by Crippen LogP contribution is -2.48. The minimum absolute atomic E-state index is 0.310. The van der Waals surface area contributed by atoms with Gasteiger partial charge in [-0.15, -0.1) is 0 Å². The summed E-state index contributed by atoms with van der Waals surface area (Å²) in [6.45, 7) is 8.89. The van der Waals surface area contributed by atoms with Crippen molar-refractivity contribution < 1.29 is 9.47 Å². The number of nitrogens with zero attached hydrogens (tertiary/aromatic N) is 1. The Labute approximate surface area is 115 Å². The predicted molar refractivity (Wildman–Crippen MR) is 75.1 cm³/mol. The molecule has 0 amide bonds. The minimum atomic E-state index is -0.310. The first-order valence-corrected chi connectivity index (χ1v) is 7.23. The molecule has 2 aliphatic rings. The van der Waals surface area contributed by atoms with Crippen LogP contribution in [0, 0.1) is 13.8 Å². The third-order valence-corrected chi connectivity index (χ3v) is 4.21. The number of hydrogen-bond acceptors (Lipinski definition) is 3. The Hall–Kier alpha value is -0.900. The van der Waals surface area contributed by atoms with Gasteiger partial charge in [0, 0.05) is 13.0 Å². The molecule has 0 radical (unpaired) electrons. The molecule has 2 heterocycles. The van der Waals surface area contributed by atoms with E-state index in [1.807, 2.05) is 0 Å². The van der Waals surface area contributed by atoms with Crippen molar-refractivity contribution >= 4 is 0 Å². The summed E-state index contributed by atoms with van der Waals surface area (Å²) >= 11 is 0. The zero-order chi connectivity index (χ0) is 13.3. The van der Waals surface area contributed by atoms with E-state index in [0.29, 0.717) is 0 Å². The summed E-state index contributed by atoms with van der Waals surface area (Å²) in [6, 6.07) is 6.69. The number of likely N-dealkylation sites (tertiary alicyclic amines) is 1. The van der Waals surface area contributed by atoms with Crippen LogP contribution in [0.4, 0.5) is 0 Å². The van der Waals surface area contributed by atoms with Crippen molar-refractivity contribution in [2.45, 2.75) is 39.0 Å². The fraction of sp³-hybridized carbons (Fsp3) is 0.625. The van der Waals surface area contributed by atoms with Crippen LogP contribution in [-0.2, 0) is 16.0 Å². The fourth-order valence-corrected chi connectivity index (χ4v) is 3.15. The molecule has 0 N–H and O–H groups in total. The Balaban J connectivity index is 1.70. The number of aryl methyl sites for hydroxylation is 2. The Morgan fingerprint density at radius 3 is 2.79 bits per heavy atom. The van der Waals surface area contributed by atoms with Crippen molar-refractivity contribution in [1.29, 1.82) is 0 Å². The highest BCUT2D eigenvalue weighted by molar-refractivity contribution is 5.30. The highest BCUT2D eigenvalue weighted by atomic mass is 16.7. The molecular weight excluding hydrogens is 238 g/mol. The molecule has 104 valence electrons. The van der Waals surface area contributed by atoms with Gasteiger partial charge in [-0.3, -0.25) is 4.90 Å². The summed E-state index contributed by atoms with van der Waals surface area (Å²) in [7, 11) is 0. The lowest BCUT2D eigenvalue weighted by atomic mass is 10.0. The first-order valence-electron chi connectivity index (χ1n) is 7.23. The van der Waals surface area contributed by atoms with Gasteiger partial charge in [0.05, 0.1) is 19.8 Å². The summed E-state index contributed by atoms with van der Waals surface area (Å²) in [5.74, 6) is -0.310. The third-order valence-electron chi connectivity index (χ3n) is 4.21.